The molecule has 3 aromatic rings. The third-order valence-corrected chi connectivity index (χ3v) is 7.05. The number of anilines is 1. The molecule has 3 N–H and O–H groups in total. The van der Waals surface area contributed by atoms with Gasteiger partial charge in [0.05, 0.1) is 25.6 Å². The normalized spacial score (nSPS) is 14.7. The van der Waals surface area contributed by atoms with Crippen LogP contribution in [0.5, 0.6) is 5.75 Å². The number of aromatic nitrogens is 4. The molecule has 0 aliphatic heterocycles. The van der Waals surface area contributed by atoms with Crippen molar-refractivity contribution in [2.45, 2.75) is 55.4 Å². The standard InChI is InChI=1S/C21H27F3N5O4PS/c1-3-4-8-32-15-6-5-7-16(9-15)35-19-17-18(27-20(25)28-19)29(12-26-17)10-14(2)33-13-34(30,31)11-21(22,23)24/h5-7,9,12,14H,3-4,8,10-11,13H2,1-2H3,(H,30,31)(H2,25,27,28). The van der Waals surface area contributed by atoms with Crippen molar-refractivity contribution in [3.63, 3.8) is 0 Å². The molecular weight excluding hydrogens is 506 g/mol. The van der Waals surface area contributed by atoms with Gasteiger partial charge in [-0.25, -0.2) is 9.97 Å². The lowest BCUT2D eigenvalue weighted by Crippen LogP contribution is -2.20. The first-order chi connectivity index (χ1) is 16.5. The summed E-state index contributed by atoms with van der Waals surface area (Å²) in [5, 5.41) is 0.524. The lowest BCUT2D eigenvalue weighted by Gasteiger charge is -2.18. The minimum atomic E-state index is -4.75. The largest absolute Gasteiger partial charge is 0.494 e. The zero-order valence-electron chi connectivity index (χ0n) is 19.2. The fourth-order valence-corrected chi connectivity index (χ4v) is 5.18. The summed E-state index contributed by atoms with van der Waals surface area (Å²) in [5.74, 6) is 0.764. The van der Waals surface area contributed by atoms with E-state index in [1.54, 1.807) is 11.5 Å². The van der Waals surface area contributed by atoms with Crippen LogP contribution in [0.3, 0.4) is 0 Å². The number of hydrogen-bond donors (Lipinski definition) is 2. The van der Waals surface area contributed by atoms with Crippen LogP contribution in [0.4, 0.5) is 19.1 Å². The predicted molar refractivity (Wildman–Crippen MR) is 127 cm³/mol. The SMILES string of the molecule is CCCCOc1cccc(Sc2nc(N)nc3c2ncn3CC(C)OCP(=O)(O)CC(F)(F)F)c1. The number of nitrogen functional groups attached to an aromatic ring is 1. The van der Waals surface area contributed by atoms with Gasteiger partial charge in [0.15, 0.2) is 5.65 Å². The predicted octanol–water partition coefficient (Wildman–Crippen LogP) is 4.93. The Bertz CT molecular complexity index is 1190. The first-order valence-corrected chi connectivity index (χ1v) is 13.7. The minimum Gasteiger partial charge on any atom is -0.494 e. The number of rotatable bonds is 12. The molecule has 0 saturated carbocycles. The molecule has 3 rings (SSSR count). The summed E-state index contributed by atoms with van der Waals surface area (Å²) in [4.78, 5) is 23.3. The highest BCUT2D eigenvalue weighted by Gasteiger charge is 2.38. The van der Waals surface area contributed by atoms with E-state index in [0.29, 0.717) is 22.8 Å². The molecule has 0 spiro atoms. The van der Waals surface area contributed by atoms with Crippen LogP contribution in [0.2, 0.25) is 0 Å². The molecule has 35 heavy (non-hydrogen) atoms. The van der Waals surface area contributed by atoms with E-state index in [-0.39, 0.29) is 12.5 Å². The van der Waals surface area contributed by atoms with Crippen LogP contribution < -0.4 is 10.5 Å². The molecule has 0 saturated heterocycles. The van der Waals surface area contributed by atoms with Crippen molar-refractivity contribution in [3.05, 3.63) is 30.6 Å². The third-order valence-electron chi connectivity index (χ3n) is 4.68. The number of benzene rings is 1. The lowest BCUT2D eigenvalue weighted by molar-refractivity contribution is -0.108. The van der Waals surface area contributed by atoms with Gasteiger partial charge in [-0.2, -0.15) is 18.2 Å². The van der Waals surface area contributed by atoms with Crippen molar-refractivity contribution in [1.82, 2.24) is 19.5 Å². The fourth-order valence-electron chi connectivity index (χ4n) is 3.11. The molecule has 0 amide bonds. The maximum atomic E-state index is 12.4. The quantitative estimate of drug-likeness (QED) is 0.189. The number of halogens is 3. The van der Waals surface area contributed by atoms with Crippen LogP contribution in [-0.2, 0) is 15.8 Å². The number of hydrogen-bond acceptors (Lipinski definition) is 8. The number of fused-ring (bicyclic) bond motifs is 1. The number of unbranched alkanes of at least 4 members (excludes halogenated alkanes) is 1. The number of nitrogens with two attached hydrogens (primary N) is 1. The van der Waals surface area contributed by atoms with Crippen LogP contribution in [0, 0.1) is 0 Å². The van der Waals surface area contributed by atoms with E-state index in [1.807, 2.05) is 24.3 Å². The van der Waals surface area contributed by atoms with Gasteiger partial charge < -0.3 is 24.7 Å². The van der Waals surface area contributed by atoms with E-state index >= 15 is 0 Å². The summed E-state index contributed by atoms with van der Waals surface area (Å²) in [6.45, 7) is 4.42. The minimum absolute atomic E-state index is 0.0238. The molecular formula is C21H27F3N5O4PS. The smallest absolute Gasteiger partial charge is 0.398 e. The summed E-state index contributed by atoms with van der Waals surface area (Å²) in [7, 11) is -4.51. The Morgan fingerprint density at radius 1 is 1.31 bits per heavy atom. The van der Waals surface area contributed by atoms with Crippen LogP contribution in [-0.4, -0.2) is 55.8 Å². The molecule has 0 fully saturated rings. The molecule has 2 aromatic heterocycles. The first kappa shape index (κ1) is 27.3. The zero-order chi connectivity index (χ0) is 25.6. The summed E-state index contributed by atoms with van der Waals surface area (Å²) in [5.41, 5.74) is 6.81. The van der Waals surface area contributed by atoms with E-state index in [0.717, 1.165) is 23.5 Å². The maximum absolute atomic E-state index is 12.4. The van der Waals surface area contributed by atoms with Crippen molar-refractivity contribution < 1.29 is 32.1 Å². The molecule has 1 aromatic carbocycles. The van der Waals surface area contributed by atoms with Gasteiger partial charge in [0.1, 0.15) is 28.8 Å². The second kappa shape index (κ2) is 11.6. The zero-order valence-corrected chi connectivity index (χ0v) is 20.9. The Morgan fingerprint density at radius 2 is 2.09 bits per heavy atom. The molecule has 192 valence electrons. The van der Waals surface area contributed by atoms with E-state index < -0.39 is 32.2 Å². The van der Waals surface area contributed by atoms with Crippen molar-refractivity contribution in [2.24, 2.45) is 0 Å². The average molecular weight is 534 g/mol. The molecule has 0 bridgehead atoms. The summed E-state index contributed by atoms with van der Waals surface area (Å²) < 4.78 is 61.7. The van der Waals surface area contributed by atoms with Gasteiger partial charge in [0.25, 0.3) is 0 Å². The number of alkyl halides is 3. The Hall–Kier alpha value is -2.34. The Morgan fingerprint density at radius 3 is 2.80 bits per heavy atom. The van der Waals surface area contributed by atoms with Crippen LogP contribution >= 0.6 is 19.1 Å². The van der Waals surface area contributed by atoms with Crippen molar-refractivity contribution >= 4 is 36.2 Å². The molecule has 0 radical (unpaired) electrons. The van der Waals surface area contributed by atoms with Crippen LogP contribution in [0.25, 0.3) is 11.2 Å². The highest BCUT2D eigenvalue weighted by atomic mass is 32.2. The maximum Gasteiger partial charge on any atom is 0.398 e. The highest BCUT2D eigenvalue weighted by molar-refractivity contribution is 7.99. The second-order valence-corrected chi connectivity index (χ2v) is 11.3. The summed E-state index contributed by atoms with van der Waals surface area (Å²) >= 11 is 1.34. The van der Waals surface area contributed by atoms with Gasteiger partial charge in [-0.15, -0.1) is 0 Å². The first-order valence-electron chi connectivity index (χ1n) is 10.8. The van der Waals surface area contributed by atoms with Crippen LogP contribution in [0.15, 0.2) is 40.5 Å². The molecule has 0 aliphatic rings. The Kier molecular flexibility index (Phi) is 9.03. The molecule has 2 atom stereocenters. The molecule has 2 heterocycles. The van der Waals surface area contributed by atoms with Gasteiger partial charge >= 0.3 is 6.18 Å². The van der Waals surface area contributed by atoms with E-state index in [9.17, 15) is 22.6 Å². The molecule has 0 aliphatic carbocycles. The van der Waals surface area contributed by atoms with Gasteiger partial charge in [-0.3, -0.25) is 4.57 Å². The van der Waals surface area contributed by atoms with Gasteiger partial charge in [-0.05, 0) is 31.5 Å². The highest BCUT2D eigenvalue weighted by Crippen LogP contribution is 2.45. The molecule has 9 nitrogen and oxygen atoms in total. The summed E-state index contributed by atoms with van der Waals surface area (Å²) in [6.07, 6.45) is -4.66. The Labute approximate surface area is 204 Å². The fraction of sp³-hybridized carbons (Fsp3) is 0.476. The van der Waals surface area contributed by atoms with Gasteiger partial charge in [0, 0.05) is 4.90 Å². The van der Waals surface area contributed by atoms with E-state index in [2.05, 4.69) is 21.9 Å². The van der Waals surface area contributed by atoms with Gasteiger partial charge in [-0.1, -0.05) is 31.2 Å². The van der Waals surface area contributed by atoms with Gasteiger partial charge in [0.2, 0.25) is 13.3 Å². The van der Waals surface area contributed by atoms with Crippen molar-refractivity contribution in [2.75, 3.05) is 24.9 Å². The third kappa shape index (κ3) is 8.38. The lowest BCUT2D eigenvalue weighted by atomic mass is 10.3. The van der Waals surface area contributed by atoms with Crippen molar-refractivity contribution in [1.29, 1.82) is 0 Å². The average Bonchev–Trinajstić information content (AvgIpc) is 3.14. The molecule has 14 heteroatoms. The van der Waals surface area contributed by atoms with E-state index in [4.69, 9.17) is 15.2 Å². The van der Waals surface area contributed by atoms with Crippen molar-refractivity contribution in [3.8, 4) is 5.75 Å². The molecule has 2 unspecified atom stereocenters. The topological polar surface area (TPSA) is 125 Å². The number of imidazole rings is 1. The number of ether oxygens (including phenoxy) is 2. The van der Waals surface area contributed by atoms with E-state index in [1.165, 1.54) is 18.1 Å². The monoisotopic (exact) mass is 533 g/mol. The number of nitrogens with zero attached hydrogens (tertiary/aromatic N) is 4. The summed E-state index contributed by atoms with van der Waals surface area (Å²) in [6, 6.07) is 7.55. The Balaban J connectivity index is 1.72. The second-order valence-electron chi connectivity index (χ2n) is 7.96. The van der Waals surface area contributed by atoms with Crippen LogP contribution in [0.1, 0.15) is 26.7 Å².